The molecule has 0 bridgehead atoms. The summed E-state index contributed by atoms with van der Waals surface area (Å²) in [6.45, 7) is 7.57. The summed E-state index contributed by atoms with van der Waals surface area (Å²) >= 11 is 14.9. The zero-order valence-corrected chi connectivity index (χ0v) is 28.0. The van der Waals surface area contributed by atoms with Crippen LogP contribution in [-0.4, -0.2) is 60.6 Å². The number of para-hydroxylation sites is 1. The van der Waals surface area contributed by atoms with Gasteiger partial charge in [0.05, 0.1) is 38.8 Å². The highest BCUT2D eigenvalue weighted by atomic mass is 35.5. The van der Waals surface area contributed by atoms with Crippen molar-refractivity contribution in [2.75, 3.05) is 49.8 Å². The van der Waals surface area contributed by atoms with E-state index in [9.17, 15) is 4.79 Å². The molecule has 0 aliphatic heterocycles. The van der Waals surface area contributed by atoms with E-state index >= 15 is 0 Å². The molecular weight excluding hydrogens is 625 g/mol. The largest absolute Gasteiger partial charge is 0.472 e. The molecule has 0 aliphatic carbocycles. The molecule has 3 rings (SSSR count). The minimum Gasteiger partial charge on any atom is -0.472 e. The topological polar surface area (TPSA) is 84.3 Å². The van der Waals surface area contributed by atoms with Gasteiger partial charge in [0.2, 0.25) is 11.6 Å². The molecule has 9 nitrogen and oxygen atoms in total. The highest BCUT2D eigenvalue weighted by Crippen LogP contribution is 2.60. The summed E-state index contributed by atoms with van der Waals surface area (Å²) in [5.41, 5.74) is 0.117. The highest BCUT2D eigenvalue weighted by Gasteiger charge is 2.20. The van der Waals surface area contributed by atoms with Crippen molar-refractivity contribution in [3.8, 4) is 11.6 Å². The van der Waals surface area contributed by atoms with E-state index in [1.807, 2.05) is 49.9 Å². The smallest absolute Gasteiger partial charge is 0.438 e. The lowest BCUT2D eigenvalue weighted by Crippen LogP contribution is -2.30. The molecular formula is C27H37ClN3O6PS3. The summed E-state index contributed by atoms with van der Waals surface area (Å²) in [6.07, 6.45) is 1.16. The third kappa shape index (κ3) is 12.2. The molecule has 0 unspecified atom stereocenters. The number of hydroxylamine groups is 1. The Balaban J connectivity index is 0.000000357. The number of methoxy groups -OCH3 is 1. The van der Waals surface area contributed by atoms with Crippen molar-refractivity contribution in [2.24, 2.45) is 0 Å². The average molecular weight is 662 g/mol. The Bertz CT molecular complexity index is 1230. The minimum absolute atomic E-state index is 0.199. The Morgan fingerprint density at radius 2 is 1.71 bits per heavy atom. The number of carbonyl (C=O) groups is 1. The van der Waals surface area contributed by atoms with Crippen molar-refractivity contribution in [1.29, 1.82) is 0 Å². The van der Waals surface area contributed by atoms with Crippen LogP contribution in [0.3, 0.4) is 0 Å². The van der Waals surface area contributed by atoms with Crippen LogP contribution < -0.4 is 9.80 Å². The Morgan fingerprint density at radius 3 is 2.32 bits per heavy atom. The van der Waals surface area contributed by atoms with Gasteiger partial charge in [0.15, 0.2) is 0 Å². The van der Waals surface area contributed by atoms with Crippen LogP contribution in [0.5, 0.6) is 5.88 Å². The molecule has 0 saturated carbocycles. The van der Waals surface area contributed by atoms with E-state index in [-0.39, 0.29) is 6.61 Å². The number of ether oxygens (including phenoxy) is 2. The van der Waals surface area contributed by atoms with Gasteiger partial charge >= 0.3 is 6.09 Å². The van der Waals surface area contributed by atoms with Gasteiger partial charge in [-0.2, -0.15) is 16.8 Å². The normalized spacial score (nSPS) is 11.0. The molecule has 0 N–H and O–H groups in total. The maximum absolute atomic E-state index is 11.9. The van der Waals surface area contributed by atoms with Crippen LogP contribution in [0.4, 0.5) is 10.5 Å². The summed E-state index contributed by atoms with van der Waals surface area (Å²) < 4.78 is 23.2. The first-order valence-corrected chi connectivity index (χ1v) is 18.6. The molecule has 0 radical (unpaired) electrons. The van der Waals surface area contributed by atoms with Crippen LogP contribution in [0.1, 0.15) is 26.3 Å². The van der Waals surface area contributed by atoms with Gasteiger partial charge in [-0.05, 0) is 61.7 Å². The predicted octanol–water partition coefficient (Wildman–Crippen LogP) is 8.01. The van der Waals surface area contributed by atoms with Crippen LogP contribution in [0.15, 0.2) is 60.8 Å². The Morgan fingerprint density at radius 1 is 1.02 bits per heavy atom. The van der Waals surface area contributed by atoms with Crippen molar-refractivity contribution in [1.82, 2.24) is 9.78 Å². The van der Waals surface area contributed by atoms with Gasteiger partial charge in [-0.15, -0.1) is 5.10 Å². The fraction of sp³-hybridized carbons (Fsp3) is 0.407. The second kappa shape index (κ2) is 19.4. The number of rotatable bonds is 15. The monoisotopic (exact) mass is 661 g/mol. The quantitative estimate of drug-likeness (QED) is 0.0907. The molecule has 3 aromatic rings. The number of amides is 1. The lowest BCUT2D eigenvalue weighted by molar-refractivity contribution is 0.115. The first-order valence-electron chi connectivity index (χ1n) is 12.9. The SMILES string of the molecule is CCOP(=S)(OCC)SCCSCC.COC(=O)N(OC)c1ccccc1COc1ccn(-c2ccc(Cl)cc2)n1. The molecule has 0 spiro atoms. The first kappa shape index (κ1) is 35.4. The molecule has 0 atom stereocenters. The first-order chi connectivity index (χ1) is 19.8. The summed E-state index contributed by atoms with van der Waals surface area (Å²) in [5, 5.41) is 6.11. The lowest BCUT2D eigenvalue weighted by Gasteiger charge is -2.20. The fourth-order valence-corrected chi connectivity index (χ4v) is 9.23. The van der Waals surface area contributed by atoms with E-state index in [0.29, 0.717) is 29.8 Å². The second-order valence-electron chi connectivity index (χ2n) is 7.75. The van der Waals surface area contributed by atoms with Gasteiger partial charge in [0, 0.05) is 34.4 Å². The highest BCUT2D eigenvalue weighted by molar-refractivity contribution is 8.68. The summed E-state index contributed by atoms with van der Waals surface area (Å²) in [4.78, 5) is 17.0. The maximum Gasteiger partial charge on any atom is 0.438 e. The Labute approximate surface area is 261 Å². The third-order valence-corrected chi connectivity index (χ3v) is 12.0. The molecule has 14 heteroatoms. The van der Waals surface area contributed by atoms with Crippen molar-refractivity contribution in [3.63, 3.8) is 0 Å². The van der Waals surface area contributed by atoms with Crippen LogP contribution in [0, 0.1) is 0 Å². The van der Waals surface area contributed by atoms with E-state index in [1.54, 1.807) is 52.6 Å². The molecule has 0 aliphatic rings. The molecule has 0 fully saturated rings. The van der Waals surface area contributed by atoms with Crippen molar-refractivity contribution < 1.29 is 28.2 Å². The molecule has 1 aromatic heterocycles. The van der Waals surface area contributed by atoms with E-state index in [1.165, 1.54) is 14.2 Å². The van der Waals surface area contributed by atoms with Gasteiger partial charge in [0.25, 0.3) is 0 Å². The van der Waals surface area contributed by atoms with Crippen LogP contribution in [0.25, 0.3) is 5.69 Å². The molecule has 1 amide bonds. The molecule has 0 saturated heterocycles. The standard InChI is InChI=1S/C19H18ClN3O4.C8H19O2PS3/c1-25-19(24)23(26-2)17-6-4-3-5-14(17)13-27-18-11-12-22(21-18)16-9-7-15(20)8-10-16;1-4-9-11(12,10-5-2)14-8-7-13-6-3/h3-12H,13H2,1-2H3;4-8H2,1-3H3. The lowest BCUT2D eigenvalue weighted by atomic mass is 10.2. The number of nitrogens with zero attached hydrogens (tertiary/aromatic N) is 3. The van der Waals surface area contributed by atoms with Crippen molar-refractivity contribution in [3.05, 3.63) is 71.4 Å². The molecule has 41 heavy (non-hydrogen) atoms. The number of halogens is 1. The van der Waals surface area contributed by atoms with Gasteiger partial charge in [-0.25, -0.2) is 9.48 Å². The number of hydrogen-bond donors (Lipinski definition) is 0. The molecule has 2 aromatic carbocycles. The van der Waals surface area contributed by atoms with E-state index in [2.05, 4.69) is 12.0 Å². The van der Waals surface area contributed by atoms with Crippen LogP contribution in [-0.2, 0) is 37.0 Å². The van der Waals surface area contributed by atoms with Gasteiger partial charge in [0.1, 0.15) is 6.61 Å². The number of anilines is 1. The van der Waals surface area contributed by atoms with Crippen molar-refractivity contribution >= 4 is 64.0 Å². The summed E-state index contributed by atoms with van der Waals surface area (Å²) in [5.74, 6) is 3.75. The third-order valence-electron chi connectivity index (χ3n) is 5.02. The number of benzene rings is 2. The number of carbonyl (C=O) groups excluding carboxylic acids is 1. The minimum atomic E-state index is -2.02. The zero-order chi connectivity index (χ0) is 30.1. The average Bonchev–Trinajstić information content (AvgIpc) is 3.45. The Kier molecular flexibility index (Phi) is 16.8. The Hall–Kier alpha value is -1.76. The number of hydrogen-bond acceptors (Lipinski definition) is 10. The zero-order valence-electron chi connectivity index (χ0n) is 23.9. The van der Waals surface area contributed by atoms with Gasteiger partial charge < -0.3 is 18.5 Å². The van der Waals surface area contributed by atoms with Crippen molar-refractivity contribution in [2.45, 2.75) is 27.4 Å². The van der Waals surface area contributed by atoms with E-state index in [0.717, 1.165) is 33.6 Å². The molecule has 226 valence electrons. The van der Waals surface area contributed by atoms with E-state index < -0.39 is 11.8 Å². The summed E-state index contributed by atoms with van der Waals surface area (Å²) in [7, 11) is 2.68. The van der Waals surface area contributed by atoms with E-state index in [4.69, 9.17) is 46.8 Å². The number of aromatic nitrogens is 2. The van der Waals surface area contributed by atoms with Crippen LogP contribution in [0.2, 0.25) is 5.02 Å². The maximum atomic E-state index is 11.9. The van der Waals surface area contributed by atoms with Gasteiger partial charge in [-0.1, -0.05) is 48.1 Å². The fourth-order valence-electron chi connectivity index (χ4n) is 3.24. The molecule has 1 heterocycles. The number of thioether (sulfide) groups is 1. The van der Waals surface area contributed by atoms with Crippen LogP contribution >= 0.6 is 40.4 Å². The van der Waals surface area contributed by atoms with Gasteiger partial charge in [-0.3, -0.25) is 4.84 Å². The second-order valence-corrected chi connectivity index (χ2v) is 16.0. The summed E-state index contributed by atoms with van der Waals surface area (Å²) in [6, 6.07) is 16.3. The predicted molar refractivity (Wildman–Crippen MR) is 174 cm³/mol.